The fourth-order valence-electron chi connectivity index (χ4n) is 6.50. The molecule has 6 rings (SSSR count). The maximum absolute atomic E-state index is 13.5. The van der Waals surface area contributed by atoms with Crippen molar-refractivity contribution in [1.82, 2.24) is 4.90 Å². The van der Waals surface area contributed by atoms with Crippen molar-refractivity contribution >= 4 is 12.0 Å². The maximum Gasteiger partial charge on any atom is 0.417 e. The van der Waals surface area contributed by atoms with Crippen LogP contribution in [0.15, 0.2) is 24.3 Å². The quantitative estimate of drug-likeness (QED) is 0.795. The van der Waals surface area contributed by atoms with E-state index in [9.17, 15) is 9.59 Å². The van der Waals surface area contributed by atoms with Crippen LogP contribution in [0.2, 0.25) is 0 Å². The van der Waals surface area contributed by atoms with E-state index in [0.29, 0.717) is 5.92 Å². The molecule has 3 saturated carbocycles. The van der Waals surface area contributed by atoms with E-state index in [4.69, 9.17) is 4.74 Å². The molecule has 0 unspecified atom stereocenters. The Morgan fingerprint density at radius 3 is 2.88 bits per heavy atom. The first-order chi connectivity index (χ1) is 11.7. The first-order valence-corrected chi connectivity index (χ1v) is 9.30. The van der Waals surface area contributed by atoms with E-state index >= 15 is 0 Å². The Morgan fingerprint density at radius 1 is 1.21 bits per heavy atom. The second-order valence-corrected chi connectivity index (χ2v) is 8.46. The molecule has 4 fully saturated rings. The third-order valence-corrected chi connectivity index (χ3v) is 7.58. The zero-order valence-electron chi connectivity index (χ0n) is 13.6. The van der Waals surface area contributed by atoms with Gasteiger partial charge >= 0.3 is 6.09 Å². The molecular weight excluding hydrogens is 302 g/mol. The zero-order valence-corrected chi connectivity index (χ0v) is 13.6. The fraction of sp³-hybridized carbons (Fsp3) is 0.600. The Labute approximate surface area is 141 Å². The molecule has 2 bridgehead atoms. The Hall–Kier alpha value is -1.84. The number of ether oxygens (including phenoxy) is 1. The summed E-state index contributed by atoms with van der Waals surface area (Å²) in [5.41, 5.74) is 2.55. The van der Waals surface area contributed by atoms with E-state index < -0.39 is 6.09 Å². The SMILES string of the molecule is O=C1O[C@@H]2Cc3ccccc3[C@@H]2N1C(=O)[C@H]1[C@H]2CC[C@H](C2)C12CC2. The van der Waals surface area contributed by atoms with Crippen LogP contribution in [-0.4, -0.2) is 23.0 Å². The van der Waals surface area contributed by atoms with Crippen molar-refractivity contribution in [3.05, 3.63) is 35.4 Å². The smallest absolute Gasteiger partial charge is 0.417 e. The molecule has 124 valence electrons. The molecule has 2 amide bonds. The highest BCUT2D eigenvalue weighted by molar-refractivity contribution is 5.96. The van der Waals surface area contributed by atoms with Crippen LogP contribution in [0.5, 0.6) is 0 Å². The summed E-state index contributed by atoms with van der Waals surface area (Å²) in [6.07, 6.45) is 6.14. The van der Waals surface area contributed by atoms with Crippen LogP contribution in [0.3, 0.4) is 0 Å². The molecule has 0 radical (unpaired) electrons. The molecule has 0 N–H and O–H groups in total. The summed E-state index contributed by atoms with van der Waals surface area (Å²) in [6, 6.07) is 7.95. The molecule has 5 aliphatic rings. The van der Waals surface area contributed by atoms with E-state index in [1.807, 2.05) is 12.1 Å². The molecule has 4 aliphatic carbocycles. The minimum atomic E-state index is -0.414. The van der Waals surface area contributed by atoms with Gasteiger partial charge in [0.15, 0.2) is 0 Å². The van der Waals surface area contributed by atoms with Crippen LogP contribution in [0.4, 0.5) is 4.79 Å². The Bertz CT molecular complexity index is 768. The number of nitrogens with zero attached hydrogens (tertiary/aromatic N) is 1. The van der Waals surface area contributed by atoms with Crippen molar-refractivity contribution in [2.24, 2.45) is 23.2 Å². The molecule has 1 spiro atoms. The van der Waals surface area contributed by atoms with Crippen LogP contribution in [-0.2, 0) is 16.0 Å². The first kappa shape index (κ1) is 13.5. The standard InChI is InChI=1S/C20H21NO3/c22-18(16-12-5-6-13(9-12)20(16)7-8-20)21-17-14-4-2-1-3-11(14)10-15(17)24-19(21)23/h1-4,12-13,15-17H,5-10H2/t12-,13+,15+,16+,17-/m0/s1. The third-order valence-electron chi connectivity index (χ3n) is 7.58. The maximum atomic E-state index is 13.5. The summed E-state index contributed by atoms with van der Waals surface area (Å²) in [6.45, 7) is 0. The molecule has 1 aromatic rings. The zero-order chi connectivity index (χ0) is 16.1. The Balaban J connectivity index is 1.39. The van der Waals surface area contributed by atoms with Gasteiger partial charge in [0.05, 0.1) is 0 Å². The Morgan fingerprint density at radius 2 is 2.04 bits per heavy atom. The summed E-state index contributed by atoms with van der Waals surface area (Å²) >= 11 is 0. The van der Waals surface area contributed by atoms with E-state index in [1.165, 1.54) is 36.1 Å². The van der Waals surface area contributed by atoms with Gasteiger partial charge < -0.3 is 4.74 Å². The molecular formula is C20H21NO3. The predicted molar refractivity (Wildman–Crippen MR) is 86.0 cm³/mol. The molecule has 24 heavy (non-hydrogen) atoms. The minimum absolute atomic E-state index is 0.0638. The molecule has 4 nitrogen and oxygen atoms in total. The fourth-order valence-corrected chi connectivity index (χ4v) is 6.50. The lowest BCUT2D eigenvalue weighted by Gasteiger charge is -2.33. The summed E-state index contributed by atoms with van der Waals surface area (Å²) < 4.78 is 5.60. The van der Waals surface area contributed by atoms with Crippen molar-refractivity contribution in [3.63, 3.8) is 0 Å². The third kappa shape index (κ3) is 1.46. The van der Waals surface area contributed by atoms with Crippen molar-refractivity contribution in [3.8, 4) is 0 Å². The van der Waals surface area contributed by atoms with E-state index in [-0.39, 0.29) is 29.4 Å². The highest BCUT2D eigenvalue weighted by Gasteiger charge is 2.68. The van der Waals surface area contributed by atoms with Gasteiger partial charge in [-0.05, 0) is 60.5 Å². The van der Waals surface area contributed by atoms with Crippen LogP contribution in [0, 0.1) is 23.2 Å². The average molecular weight is 323 g/mol. The normalized spacial score (nSPS) is 39.9. The highest BCUT2D eigenvalue weighted by Crippen LogP contribution is 2.72. The van der Waals surface area contributed by atoms with Gasteiger partial charge in [-0.15, -0.1) is 0 Å². The molecule has 4 heteroatoms. The number of imide groups is 1. The van der Waals surface area contributed by atoms with E-state index in [1.54, 1.807) is 0 Å². The van der Waals surface area contributed by atoms with Crippen molar-refractivity contribution < 1.29 is 14.3 Å². The van der Waals surface area contributed by atoms with Gasteiger partial charge in [-0.1, -0.05) is 24.3 Å². The topological polar surface area (TPSA) is 46.6 Å². The number of rotatable bonds is 1. The lowest BCUT2D eigenvalue weighted by molar-refractivity contribution is -0.138. The molecule has 1 aromatic carbocycles. The second-order valence-electron chi connectivity index (χ2n) is 8.46. The van der Waals surface area contributed by atoms with Gasteiger partial charge in [0.1, 0.15) is 12.1 Å². The summed E-state index contributed by atoms with van der Waals surface area (Å²) in [7, 11) is 0. The number of hydrogen-bond acceptors (Lipinski definition) is 3. The van der Waals surface area contributed by atoms with Crippen LogP contribution in [0.25, 0.3) is 0 Å². The first-order valence-electron chi connectivity index (χ1n) is 9.30. The van der Waals surface area contributed by atoms with Gasteiger partial charge in [-0.2, -0.15) is 0 Å². The number of carbonyl (C=O) groups excluding carboxylic acids is 2. The number of benzene rings is 1. The monoisotopic (exact) mass is 323 g/mol. The van der Waals surface area contributed by atoms with Crippen LogP contribution < -0.4 is 0 Å². The molecule has 5 atom stereocenters. The molecule has 0 aromatic heterocycles. The van der Waals surface area contributed by atoms with Gasteiger partial charge in [0, 0.05) is 12.3 Å². The van der Waals surface area contributed by atoms with Gasteiger partial charge in [0.2, 0.25) is 5.91 Å². The molecule has 1 saturated heterocycles. The lowest BCUT2D eigenvalue weighted by atomic mass is 9.75. The van der Waals surface area contributed by atoms with Crippen molar-refractivity contribution in [2.45, 2.75) is 50.7 Å². The number of fused-ring (bicyclic) bond motifs is 6. The van der Waals surface area contributed by atoms with Gasteiger partial charge in [0.25, 0.3) is 0 Å². The summed E-state index contributed by atoms with van der Waals surface area (Å²) in [5.74, 6) is 1.35. The molecule has 1 heterocycles. The minimum Gasteiger partial charge on any atom is -0.443 e. The lowest BCUT2D eigenvalue weighted by Crippen LogP contribution is -2.44. The van der Waals surface area contributed by atoms with Crippen LogP contribution >= 0.6 is 0 Å². The van der Waals surface area contributed by atoms with Gasteiger partial charge in [-0.25, -0.2) is 9.69 Å². The van der Waals surface area contributed by atoms with Crippen LogP contribution in [0.1, 0.15) is 49.3 Å². The Kier molecular flexibility index (Phi) is 2.36. The van der Waals surface area contributed by atoms with Crippen molar-refractivity contribution in [1.29, 1.82) is 0 Å². The predicted octanol–water partition coefficient (Wildman–Crippen LogP) is 3.46. The average Bonchev–Trinajstić information content (AvgIpc) is 2.91. The second kappa shape index (κ2) is 4.22. The van der Waals surface area contributed by atoms with Crippen molar-refractivity contribution in [2.75, 3.05) is 0 Å². The summed E-state index contributed by atoms with van der Waals surface area (Å²) in [4.78, 5) is 27.5. The number of carbonyl (C=O) groups is 2. The van der Waals surface area contributed by atoms with E-state index in [2.05, 4.69) is 12.1 Å². The summed E-state index contributed by atoms with van der Waals surface area (Å²) in [5, 5.41) is 0. The van der Waals surface area contributed by atoms with Gasteiger partial charge in [-0.3, -0.25) is 4.79 Å². The highest BCUT2D eigenvalue weighted by atomic mass is 16.6. The van der Waals surface area contributed by atoms with E-state index in [0.717, 1.165) is 24.3 Å². The number of amides is 2. The number of hydrogen-bond donors (Lipinski definition) is 0. The largest absolute Gasteiger partial charge is 0.443 e. The molecule has 1 aliphatic heterocycles.